The summed E-state index contributed by atoms with van der Waals surface area (Å²) in [6.45, 7) is 4.11. The van der Waals surface area contributed by atoms with Gasteiger partial charge in [-0.1, -0.05) is 17.8 Å². The molecule has 1 aliphatic heterocycles. The van der Waals surface area contributed by atoms with Gasteiger partial charge in [-0.3, -0.25) is 9.82 Å². The monoisotopic (exact) mass is 281 g/mol. The molecule has 1 aromatic rings. The van der Waals surface area contributed by atoms with Gasteiger partial charge in [0.25, 0.3) is 0 Å². The van der Waals surface area contributed by atoms with Crippen molar-refractivity contribution in [2.24, 2.45) is 4.40 Å². The molecule has 0 aromatic carbocycles. The van der Waals surface area contributed by atoms with Crippen LogP contribution in [0.4, 0.5) is 0 Å². The number of nitrogens with zero attached hydrogens (tertiary/aromatic N) is 3. The lowest BCUT2D eigenvalue weighted by atomic mass is 10.1. The number of hydroxylamine groups is 1. The van der Waals surface area contributed by atoms with E-state index in [-0.39, 0.29) is 6.04 Å². The fourth-order valence-corrected chi connectivity index (χ4v) is 2.31. The highest BCUT2D eigenvalue weighted by Crippen LogP contribution is 2.32. The molecule has 0 amide bonds. The summed E-state index contributed by atoms with van der Waals surface area (Å²) in [6.07, 6.45) is 7.68. The molecule has 0 bridgehead atoms. The fraction of sp³-hybridized carbons (Fsp3) is 0.538. The first kappa shape index (κ1) is 14.5. The topological polar surface area (TPSA) is 47.0 Å². The summed E-state index contributed by atoms with van der Waals surface area (Å²) >= 11 is 1.32. The van der Waals surface area contributed by atoms with Gasteiger partial charge in [-0.25, -0.2) is 4.40 Å². The maximum absolute atomic E-state index is 5.68. The van der Waals surface area contributed by atoms with Crippen molar-refractivity contribution < 1.29 is 9.57 Å². The third-order valence-electron chi connectivity index (χ3n) is 2.69. The smallest absolute Gasteiger partial charge is 0.110 e. The second kappa shape index (κ2) is 8.27. The van der Waals surface area contributed by atoms with Crippen LogP contribution in [0.25, 0.3) is 0 Å². The SMILES string of the molecule is CCCCOCCON1SN=CC1c1ccncc1. The number of ether oxygens (including phenoxy) is 1. The van der Waals surface area contributed by atoms with Gasteiger partial charge in [0.05, 0.1) is 25.3 Å². The molecule has 0 saturated carbocycles. The molecule has 1 aromatic heterocycles. The van der Waals surface area contributed by atoms with Crippen molar-refractivity contribution in [3.05, 3.63) is 30.1 Å². The molecule has 1 unspecified atom stereocenters. The maximum atomic E-state index is 5.68. The van der Waals surface area contributed by atoms with Crippen LogP contribution in [0.2, 0.25) is 0 Å². The lowest BCUT2D eigenvalue weighted by Gasteiger charge is -2.20. The summed E-state index contributed by atoms with van der Waals surface area (Å²) in [5.74, 6) is 0. The Hall–Kier alpha value is -0.950. The molecule has 6 heteroatoms. The number of rotatable bonds is 8. The van der Waals surface area contributed by atoms with Crippen LogP contribution in [-0.4, -0.2) is 35.5 Å². The molecular formula is C13H19N3O2S. The minimum Gasteiger partial charge on any atom is -0.379 e. The Morgan fingerprint density at radius 2 is 2.11 bits per heavy atom. The largest absolute Gasteiger partial charge is 0.379 e. The first-order valence-corrected chi connectivity index (χ1v) is 7.25. The van der Waals surface area contributed by atoms with Crippen LogP contribution in [-0.2, 0) is 9.57 Å². The van der Waals surface area contributed by atoms with Gasteiger partial charge in [0.2, 0.25) is 0 Å². The number of aromatic nitrogens is 1. The van der Waals surface area contributed by atoms with Crippen molar-refractivity contribution in [1.82, 2.24) is 9.45 Å². The van der Waals surface area contributed by atoms with Gasteiger partial charge in [-0.2, -0.15) is 0 Å². The van der Waals surface area contributed by atoms with Crippen molar-refractivity contribution in [2.75, 3.05) is 19.8 Å². The highest BCUT2D eigenvalue weighted by Gasteiger charge is 2.25. The Balaban J connectivity index is 1.72. The lowest BCUT2D eigenvalue weighted by Crippen LogP contribution is -2.22. The average molecular weight is 281 g/mol. The van der Waals surface area contributed by atoms with E-state index < -0.39 is 0 Å². The van der Waals surface area contributed by atoms with Crippen LogP contribution in [0.1, 0.15) is 31.4 Å². The van der Waals surface area contributed by atoms with Crippen LogP contribution < -0.4 is 0 Å². The molecular weight excluding hydrogens is 262 g/mol. The summed E-state index contributed by atoms with van der Waals surface area (Å²) in [5, 5.41) is 0. The van der Waals surface area contributed by atoms with Gasteiger partial charge >= 0.3 is 0 Å². The highest BCUT2D eigenvalue weighted by molar-refractivity contribution is 7.96. The molecule has 0 N–H and O–H groups in total. The Labute approximate surface area is 118 Å². The molecule has 0 saturated heterocycles. The van der Waals surface area contributed by atoms with Gasteiger partial charge in [0.15, 0.2) is 0 Å². The highest BCUT2D eigenvalue weighted by atomic mass is 32.2. The van der Waals surface area contributed by atoms with Crippen LogP contribution >= 0.6 is 12.1 Å². The molecule has 1 aliphatic rings. The second-order valence-corrected chi connectivity index (χ2v) is 4.88. The van der Waals surface area contributed by atoms with Crippen LogP contribution in [0, 0.1) is 0 Å². The van der Waals surface area contributed by atoms with Gasteiger partial charge in [-0.15, -0.1) is 0 Å². The van der Waals surface area contributed by atoms with Crippen molar-refractivity contribution in [1.29, 1.82) is 0 Å². The summed E-state index contributed by atoms with van der Waals surface area (Å²) < 4.78 is 11.4. The zero-order chi connectivity index (χ0) is 13.3. The van der Waals surface area contributed by atoms with Crippen molar-refractivity contribution in [2.45, 2.75) is 25.8 Å². The summed E-state index contributed by atoms with van der Waals surface area (Å²) in [4.78, 5) is 9.69. The van der Waals surface area contributed by atoms with Crippen molar-refractivity contribution in [3.63, 3.8) is 0 Å². The third kappa shape index (κ3) is 4.58. The average Bonchev–Trinajstić information content (AvgIpc) is 2.92. The molecule has 0 fully saturated rings. The first-order valence-electron chi connectivity index (χ1n) is 6.52. The predicted octanol–water partition coefficient (Wildman–Crippen LogP) is 2.82. The van der Waals surface area contributed by atoms with Crippen LogP contribution in [0.15, 0.2) is 28.9 Å². The van der Waals surface area contributed by atoms with Crippen LogP contribution in [0.3, 0.4) is 0 Å². The molecule has 1 atom stereocenters. The minimum atomic E-state index is 0.0450. The van der Waals surface area contributed by atoms with Gasteiger partial charge in [0, 0.05) is 25.2 Å². The number of unbranched alkanes of at least 4 members (excludes halogenated alkanes) is 1. The predicted molar refractivity (Wildman–Crippen MR) is 76.6 cm³/mol. The molecule has 5 nitrogen and oxygen atoms in total. The minimum absolute atomic E-state index is 0.0450. The van der Waals surface area contributed by atoms with E-state index >= 15 is 0 Å². The van der Waals surface area contributed by atoms with Gasteiger partial charge in [0.1, 0.15) is 6.04 Å². The van der Waals surface area contributed by atoms with E-state index in [0.29, 0.717) is 13.2 Å². The Kier molecular flexibility index (Phi) is 6.29. The standard InChI is InChI=1S/C13H19N3O2S/c1-2-3-8-17-9-10-18-16-13(11-15-19-16)12-4-6-14-7-5-12/h4-7,11,13H,2-3,8-10H2,1H3. The first-order chi connectivity index (χ1) is 9.42. The van der Waals surface area contributed by atoms with E-state index in [4.69, 9.17) is 9.57 Å². The van der Waals surface area contributed by atoms with Crippen LogP contribution in [0.5, 0.6) is 0 Å². The van der Waals surface area contributed by atoms with Gasteiger partial charge < -0.3 is 4.74 Å². The Bertz CT molecular complexity index is 389. The molecule has 2 rings (SSSR count). The van der Waals surface area contributed by atoms with Crippen molar-refractivity contribution in [3.8, 4) is 0 Å². The lowest BCUT2D eigenvalue weighted by molar-refractivity contribution is -0.104. The normalized spacial score (nSPS) is 19.1. The van der Waals surface area contributed by atoms with E-state index in [1.807, 2.05) is 18.3 Å². The fourth-order valence-electron chi connectivity index (χ4n) is 1.64. The zero-order valence-electron chi connectivity index (χ0n) is 11.1. The Morgan fingerprint density at radius 1 is 1.26 bits per heavy atom. The second-order valence-electron chi connectivity index (χ2n) is 4.15. The number of hydrogen-bond donors (Lipinski definition) is 0. The van der Waals surface area contributed by atoms with Crippen molar-refractivity contribution >= 4 is 18.3 Å². The number of pyridine rings is 1. The summed E-state index contributed by atoms with van der Waals surface area (Å²) in [6, 6.07) is 3.98. The molecule has 104 valence electrons. The summed E-state index contributed by atoms with van der Waals surface area (Å²) in [7, 11) is 0. The Morgan fingerprint density at radius 3 is 2.89 bits per heavy atom. The number of hydrogen-bond acceptors (Lipinski definition) is 6. The van der Waals surface area contributed by atoms with E-state index in [0.717, 1.165) is 25.0 Å². The quantitative estimate of drug-likeness (QED) is 0.541. The molecule has 0 spiro atoms. The molecule has 19 heavy (non-hydrogen) atoms. The third-order valence-corrected chi connectivity index (χ3v) is 3.40. The summed E-state index contributed by atoms with van der Waals surface area (Å²) in [5.41, 5.74) is 1.12. The van der Waals surface area contributed by atoms with Gasteiger partial charge in [-0.05, 0) is 24.1 Å². The van der Waals surface area contributed by atoms with E-state index in [2.05, 4.69) is 16.3 Å². The maximum Gasteiger partial charge on any atom is 0.110 e. The molecule has 2 heterocycles. The zero-order valence-corrected chi connectivity index (χ0v) is 11.9. The molecule has 0 radical (unpaired) electrons. The van der Waals surface area contributed by atoms with E-state index in [1.165, 1.54) is 12.1 Å². The molecule has 0 aliphatic carbocycles. The van der Waals surface area contributed by atoms with E-state index in [9.17, 15) is 0 Å². The van der Waals surface area contributed by atoms with E-state index in [1.54, 1.807) is 16.9 Å².